The van der Waals surface area contributed by atoms with Gasteiger partial charge in [-0.1, -0.05) is 25.1 Å². The van der Waals surface area contributed by atoms with Gasteiger partial charge < -0.3 is 9.30 Å². The van der Waals surface area contributed by atoms with Crippen LogP contribution in [0.4, 0.5) is 0 Å². The van der Waals surface area contributed by atoms with Gasteiger partial charge in [0.2, 0.25) is 0 Å². The first-order chi connectivity index (χ1) is 14.4. The van der Waals surface area contributed by atoms with Crippen molar-refractivity contribution in [2.24, 2.45) is 13.0 Å². The molecule has 0 unspecified atom stereocenters. The van der Waals surface area contributed by atoms with Crippen LogP contribution in [0.5, 0.6) is 0 Å². The minimum atomic E-state index is -0.671. The molecule has 0 aliphatic heterocycles. The summed E-state index contributed by atoms with van der Waals surface area (Å²) in [6.45, 7) is 1.62. The predicted octanol–water partition coefficient (Wildman–Crippen LogP) is 2.81. The van der Waals surface area contributed by atoms with Crippen molar-refractivity contribution in [1.29, 1.82) is 0 Å². The van der Waals surface area contributed by atoms with Gasteiger partial charge in [-0.15, -0.1) is 0 Å². The molecule has 154 valence electrons. The van der Waals surface area contributed by atoms with E-state index in [2.05, 4.69) is 12.2 Å². The number of hydrogen-bond donors (Lipinski definition) is 1. The zero-order valence-electron chi connectivity index (χ0n) is 17.0. The second kappa shape index (κ2) is 8.10. The van der Waals surface area contributed by atoms with Crippen LogP contribution in [0.2, 0.25) is 0 Å². The minimum absolute atomic E-state index is 0.345. The smallest absolute Gasteiger partial charge is 0.339 e. The number of carbonyl (C=O) groups is 3. The lowest BCUT2D eigenvalue weighted by Crippen LogP contribution is -2.35. The Hall–Kier alpha value is -3.48. The quantitative estimate of drug-likeness (QED) is 0.674. The van der Waals surface area contributed by atoms with Crippen LogP contribution in [0.1, 0.15) is 45.4 Å². The Bertz CT molecular complexity index is 1150. The number of hydrogen-bond acceptors (Lipinski definition) is 5. The van der Waals surface area contributed by atoms with Crippen molar-refractivity contribution in [3.05, 3.63) is 65.1 Å². The number of aryl methyl sites for hydroxylation is 2. The van der Waals surface area contributed by atoms with Crippen LogP contribution in [-0.4, -0.2) is 33.9 Å². The highest BCUT2D eigenvalue weighted by Gasteiger charge is 2.26. The fourth-order valence-electron chi connectivity index (χ4n) is 3.92. The number of imide groups is 1. The number of amides is 2. The molecule has 0 radical (unpaired) electrons. The lowest BCUT2D eigenvalue weighted by atomic mass is 9.84. The van der Waals surface area contributed by atoms with E-state index in [0.29, 0.717) is 17.2 Å². The molecule has 0 saturated heterocycles. The average molecular weight is 405 g/mol. The van der Waals surface area contributed by atoms with Crippen LogP contribution in [0.25, 0.3) is 10.9 Å². The highest BCUT2D eigenvalue weighted by molar-refractivity contribution is 6.07. The van der Waals surface area contributed by atoms with E-state index in [4.69, 9.17) is 9.72 Å². The highest BCUT2D eigenvalue weighted by atomic mass is 16.5. The fraction of sp³-hybridized carbons (Fsp3) is 0.304. The zero-order chi connectivity index (χ0) is 21.3. The Morgan fingerprint density at radius 1 is 1.20 bits per heavy atom. The molecule has 7 nitrogen and oxygen atoms in total. The summed E-state index contributed by atoms with van der Waals surface area (Å²) in [4.78, 5) is 42.0. The third-order valence-corrected chi connectivity index (χ3v) is 5.47. The van der Waals surface area contributed by atoms with Gasteiger partial charge in [0, 0.05) is 24.3 Å². The maximum Gasteiger partial charge on any atom is 0.339 e. The minimum Gasteiger partial charge on any atom is -0.452 e. The van der Waals surface area contributed by atoms with Gasteiger partial charge in [-0.2, -0.15) is 0 Å². The number of nitrogens with zero attached hydrogens (tertiary/aromatic N) is 2. The molecule has 2 aromatic heterocycles. The summed E-state index contributed by atoms with van der Waals surface area (Å²) in [6.07, 6.45) is 4.29. The molecular formula is C23H23N3O4. The van der Waals surface area contributed by atoms with E-state index < -0.39 is 24.4 Å². The molecule has 0 bridgehead atoms. The predicted molar refractivity (Wildman–Crippen MR) is 111 cm³/mol. The van der Waals surface area contributed by atoms with Crippen LogP contribution < -0.4 is 5.32 Å². The Kier molecular flexibility index (Phi) is 5.35. The normalized spacial score (nSPS) is 15.5. The first-order valence-corrected chi connectivity index (χ1v) is 9.97. The van der Waals surface area contributed by atoms with Crippen LogP contribution >= 0.6 is 0 Å². The molecule has 30 heavy (non-hydrogen) atoms. The highest BCUT2D eigenvalue weighted by Crippen LogP contribution is 2.31. The summed E-state index contributed by atoms with van der Waals surface area (Å²) in [5.74, 6) is -1.34. The molecule has 1 aromatic carbocycles. The topological polar surface area (TPSA) is 90.3 Å². The molecule has 1 N–H and O–H groups in total. The van der Waals surface area contributed by atoms with Gasteiger partial charge in [-0.3, -0.25) is 19.9 Å². The molecule has 1 aliphatic rings. The molecule has 0 saturated carbocycles. The van der Waals surface area contributed by atoms with Crippen LogP contribution in [0, 0.1) is 5.92 Å². The Morgan fingerprint density at radius 2 is 2.00 bits per heavy atom. The zero-order valence-corrected chi connectivity index (χ0v) is 17.0. The van der Waals surface area contributed by atoms with Crippen LogP contribution in [-0.2, 0) is 29.4 Å². The van der Waals surface area contributed by atoms with Gasteiger partial charge in [-0.25, -0.2) is 4.79 Å². The van der Waals surface area contributed by atoms with E-state index in [0.717, 1.165) is 41.4 Å². The molecule has 0 fully saturated rings. The van der Waals surface area contributed by atoms with E-state index in [1.807, 2.05) is 24.3 Å². The number of benzene rings is 1. The fourth-order valence-corrected chi connectivity index (χ4v) is 3.92. The van der Waals surface area contributed by atoms with Gasteiger partial charge in [0.25, 0.3) is 11.8 Å². The second-order valence-corrected chi connectivity index (χ2v) is 7.73. The van der Waals surface area contributed by atoms with Crippen molar-refractivity contribution in [3.63, 3.8) is 0 Å². The van der Waals surface area contributed by atoms with Crippen molar-refractivity contribution in [1.82, 2.24) is 14.9 Å². The summed E-state index contributed by atoms with van der Waals surface area (Å²) < 4.78 is 6.91. The van der Waals surface area contributed by atoms with Crippen molar-refractivity contribution >= 4 is 28.7 Å². The second-order valence-electron chi connectivity index (χ2n) is 7.73. The SMILES string of the molecule is C[C@H]1CCc2nc3ccccc3c(C(=O)OCC(=O)NC(=O)c3cccn3C)c2C1. The summed E-state index contributed by atoms with van der Waals surface area (Å²) in [6, 6.07) is 10.8. The van der Waals surface area contributed by atoms with Gasteiger partial charge in [-0.05, 0) is 48.9 Å². The molecule has 2 heterocycles. The monoisotopic (exact) mass is 405 g/mol. The van der Waals surface area contributed by atoms with Gasteiger partial charge >= 0.3 is 5.97 Å². The van der Waals surface area contributed by atoms with E-state index >= 15 is 0 Å². The summed E-state index contributed by atoms with van der Waals surface area (Å²) in [5.41, 5.74) is 3.38. The average Bonchev–Trinajstić information content (AvgIpc) is 3.16. The number of pyridine rings is 1. The Labute approximate surface area is 174 Å². The molecule has 0 spiro atoms. The molecule has 2 amide bonds. The first kappa shape index (κ1) is 19.8. The van der Waals surface area contributed by atoms with Crippen molar-refractivity contribution in [3.8, 4) is 0 Å². The number of ether oxygens (including phenoxy) is 1. The molecule has 1 aliphatic carbocycles. The first-order valence-electron chi connectivity index (χ1n) is 9.97. The lowest BCUT2D eigenvalue weighted by Gasteiger charge is -2.24. The third-order valence-electron chi connectivity index (χ3n) is 5.47. The van der Waals surface area contributed by atoms with E-state index in [1.165, 1.54) is 0 Å². The van der Waals surface area contributed by atoms with E-state index in [1.54, 1.807) is 29.9 Å². The number of esters is 1. The summed E-state index contributed by atoms with van der Waals surface area (Å²) in [7, 11) is 1.71. The standard InChI is InChI=1S/C23H23N3O4/c1-14-9-10-18-16(12-14)21(15-6-3-4-7-17(15)24-18)23(29)30-13-20(27)25-22(28)19-8-5-11-26(19)2/h3-8,11,14H,9-10,12-13H2,1-2H3,(H,25,27,28)/t14-/m0/s1. The number of nitrogens with one attached hydrogen (secondary N) is 1. The largest absolute Gasteiger partial charge is 0.452 e. The molecule has 3 aromatic rings. The maximum atomic E-state index is 13.0. The van der Waals surface area contributed by atoms with Gasteiger partial charge in [0.05, 0.1) is 11.1 Å². The number of para-hydroxylation sites is 1. The van der Waals surface area contributed by atoms with Gasteiger partial charge in [0.1, 0.15) is 5.69 Å². The number of aromatic nitrogens is 2. The van der Waals surface area contributed by atoms with E-state index in [9.17, 15) is 14.4 Å². The van der Waals surface area contributed by atoms with Crippen molar-refractivity contribution in [2.45, 2.75) is 26.2 Å². The van der Waals surface area contributed by atoms with Crippen LogP contribution in [0.15, 0.2) is 42.6 Å². The number of rotatable bonds is 4. The van der Waals surface area contributed by atoms with E-state index in [-0.39, 0.29) is 0 Å². The van der Waals surface area contributed by atoms with Gasteiger partial charge in [0.15, 0.2) is 6.61 Å². The lowest BCUT2D eigenvalue weighted by molar-refractivity contribution is -0.123. The Morgan fingerprint density at radius 3 is 2.77 bits per heavy atom. The van der Waals surface area contributed by atoms with Crippen molar-refractivity contribution in [2.75, 3.05) is 6.61 Å². The molecule has 7 heteroatoms. The molecule has 4 rings (SSSR count). The molecular weight excluding hydrogens is 382 g/mol. The maximum absolute atomic E-state index is 13.0. The molecule has 1 atom stereocenters. The van der Waals surface area contributed by atoms with Crippen LogP contribution in [0.3, 0.4) is 0 Å². The van der Waals surface area contributed by atoms with Crippen molar-refractivity contribution < 1.29 is 19.1 Å². The Balaban J connectivity index is 1.53. The number of fused-ring (bicyclic) bond motifs is 2. The number of carbonyl (C=O) groups excluding carboxylic acids is 3. The third kappa shape index (κ3) is 3.83. The summed E-state index contributed by atoms with van der Waals surface area (Å²) in [5, 5.41) is 2.97. The summed E-state index contributed by atoms with van der Waals surface area (Å²) >= 11 is 0.